The summed E-state index contributed by atoms with van der Waals surface area (Å²) < 4.78 is 7.01. The maximum Gasteiger partial charge on any atom is 0.246 e. The summed E-state index contributed by atoms with van der Waals surface area (Å²) in [5.41, 5.74) is 0.963. The summed E-state index contributed by atoms with van der Waals surface area (Å²) in [5, 5.41) is 8.77. The molecule has 0 aliphatic heterocycles. The molecule has 0 unspecified atom stereocenters. The number of hydrogen-bond acceptors (Lipinski definition) is 6. The Kier molecular flexibility index (Phi) is 5.06. The number of aromatic nitrogens is 4. The maximum atomic E-state index is 12.3. The second kappa shape index (κ2) is 7.96. The zero-order valence-corrected chi connectivity index (χ0v) is 15.2. The van der Waals surface area contributed by atoms with Crippen LogP contribution in [0.1, 0.15) is 16.6 Å². The molecule has 0 spiro atoms. The van der Waals surface area contributed by atoms with Crippen molar-refractivity contribution in [3.8, 4) is 11.4 Å². The molecule has 7 nitrogen and oxygen atoms in total. The van der Waals surface area contributed by atoms with Gasteiger partial charge < -0.3 is 14.4 Å². The summed E-state index contributed by atoms with van der Waals surface area (Å²) in [7, 11) is 0. The van der Waals surface area contributed by atoms with Gasteiger partial charge in [0.1, 0.15) is 12.4 Å². The van der Waals surface area contributed by atoms with Gasteiger partial charge in [0.2, 0.25) is 11.8 Å². The quantitative estimate of drug-likeness (QED) is 0.534. The van der Waals surface area contributed by atoms with Gasteiger partial charge in [0, 0.05) is 29.3 Å². The Labute approximate surface area is 159 Å². The average Bonchev–Trinajstić information content (AvgIpc) is 3.44. The minimum absolute atomic E-state index is 0.150. The lowest BCUT2D eigenvalue weighted by molar-refractivity contribution is -0.121. The molecule has 1 N–H and O–H groups in total. The molecule has 0 atom stereocenters. The molecule has 0 saturated carbocycles. The summed E-state index contributed by atoms with van der Waals surface area (Å²) in [6.45, 7) is 0.367. The zero-order chi connectivity index (χ0) is 18.5. The zero-order valence-electron chi connectivity index (χ0n) is 14.4. The Morgan fingerprint density at radius 1 is 1.19 bits per heavy atom. The number of nitrogens with zero attached hydrogens (tertiary/aromatic N) is 4. The van der Waals surface area contributed by atoms with E-state index in [-0.39, 0.29) is 19.0 Å². The highest BCUT2D eigenvalue weighted by molar-refractivity contribution is 7.09. The molecule has 0 radical (unpaired) electrons. The number of carbonyl (C=O) groups excluding carboxylic acids is 1. The molecule has 27 heavy (non-hydrogen) atoms. The molecule has 1 amide bonds. The molecule has 8 heteroatoms. The summed E-state index contributed by atoms with van der Waals surface area (Å²) >= 11 is 1.65. The molecule has 4 aromatic rings. The topological polar surface area (TPSA) is 85.8 Å². The van der Waals surface area contributed by atoms with Gasteiger partial charge in [-0.05, 0) is 11.4 Å². The Hall–Kier alpha value is -3.26. The van der Waals surface area contributed by atoms with Crippen LogP contribution in [0.3, 0.4) is 0 Å². The van der Waals surface area contributed by atoms with E-state index in [4.69, 9.17) is 4.52 Å². The van der Waals surface area contributed by atoms with Crippen LogP contribution in [0.15, 0.2) is 64.8 Å². The third-order valence-corrected chi connectivity index (χ3v) is 4.80. The SMILES string of the molecule is O=C(Cn1ccnc1-c1ccccc1)NCc1nc(Cc2cccs2)no1. The first-order valence-electron chi connectivity index (χ1n) is 8.45. The van der Waals surface area contributed by atoms with Gasteiger partial charge in [-0.15, -0.1) is 11.3 Å². The number of hydrogen-bond donors (Lipinski definition) is 1. The van der Waals surface area contributed by atoms with Crippen LogP contribution in [0.2, 0.25) is 0 Å². The van der Waals surface area contributed by atoms with Crippen molar-refractivity contribution < 1.29 is 9.32 Å². The summed E-state index contributed by atoms with van der Waals surface area (Å²) in [4.78, 5) is 22.1. The van der Waals surface area contributed by atoms with Gasteiger partial charge in [-0.1, -0.05) is 41.6 Å². The molecule has 0 bridgehead atoms. The number of rotatable bonds is 7. The van der Waals surface area contributed by atoms with Crippen LogP contribution in [0, 0.1) is 0 Å². The number of amides is 1. The van der Waals surface area contributed by atoms with Gasteiger partial charge in [-0.3, -0.25) is 4.79 Å². The van der Waals surface area contributed by atoms with Crippen LogP contribution in [0.4, 0.5) is 0 Å². The van der Waals surface area contributed by atoms with Gasteiger partial charge >= 0.3 is 0 Å². The van der Waals surface area contributed by atoms with E-state index >= 15 is 0 Å². The summed E-state index contributed by atoms with van der Waals surface area (Å²) in [6.07, 6.45) is 4.10. The predicted molar refractivity (Wildman–Crippen MR) is 101 cm³/mol. The van der Waals surface area contributed by atoms with Crippen LogP contribution in [-0.2, 0) is 24.3 Å². The van der Waals surface area contributed by atoms with Crippen molar-refractivity contribution in [3.63, 3.8) is 0 Å². The van der Waals surface area contributed by atoms with E-state index in [1.807, 2.05) is 47.8 Å². The van der Waals surface area contributed by atoms with E-state index in [0.29, 0.717) is 18.1 Å². The van der Waals surface area contributed by atoms with Crippen LogP contribution in [0.5, 0.6) is 0 Å². The summed E-state index contributed by atoms with van der Waals surface area (Å²) in [5.74, 6) is 1.61. The predicted octanol–water partition coefficient (Wildman–Crippen LogP) is 2.90. The smallest absolute Gasteiger partial charge is 0.246 e. The van der Waals surface area contributed by atoms with Crippen molar-refractivity contribution >= 4 is 17.2 Å². The van der Waals surface area contributed by atoms with Crippen molar-refractivity contribution in [1.82, 2.24) is 25.0 Å². The molecular formula is C19H17N5O2S. The van der Waals surface area contributed by atoms with E-state index in [2.05, 4.69) is 20.4 Å². The highest BCUT2D eigenvalue weighted by Gasteiger charge is 2.12. The van der Waals surface area contributed by atoms with E-state index in [0.717, 1.165) is 11.4 Å². The number of nitrogens with one attached hydrogen (secondary N) is 1. The van der Waals surface area contributed by atoms with Crippen molar-refractivity contribution in [2.45, 2.75) is 19.5 Å². The van der Waals surface area contributed by atoms with E-state index < -0.39 is 0 Å². The number of carbonyl (C=O) groups is 1. The molecule has 136 valence electrons. The summed E-state index contributed by atoms with van der Waals surface area (Å²) in [6, 6.07) is 13.8. The standard InChI is InChI=1S/C19H17N5O2S/c25-17(13-24-9-8-20-19(24)14-5-2-1-3-6-14)21-12-18-22-16(23-26-18)11-15-7-4-10-27-15/h1-10H,11-13H2,(H,21,25). The first kappa shape index (κ1) is 17.2. The van der Waals surface area contributed by atoms with Gasteiger partial charge in [0.15, 0.2) is 5.82 Å². The van der Waals surface area contributed by atoms with Crippen LogP contribution in [0.25, 0.3) is 11.4 Å². The molecule has 0 saturated heterocycles. The molecule has 3 heterocycles. The van der Waals surface area contributed by atoms with Crippen molar-refractivity contribution in [1.29, 1.82) is 0 Å². The van der Waals surface area contributed by atoms with Crippen molar-refractivity contribution in [2.24, 2.45) is 0 Å². The van der Waals surface area contributed by atoms with Crippen LogP contribution in [-0.4, -0.2) is 25.6 Å². The lowest BCUT2D eigenvalue weighted by Gasteiger charge is -2.07. The van der Waals surface area contributed by atoms with Crippen molar-refractivity contribution in [2.75, 3.05) is 0 Å². The number of imidazole rings is 1. The number of benzene rings is 1. The van der Waals surface area contributed by atoms with Gasteiger partial charge in [-0.2, -0.15) is 4.98 Å². The lowest BCUT2D eigenvalue weighted by Crippen LogP contribution is -2.27. The van der Waals surface area contributed by atoms with Gasteiger partial charge in [0.05, 0.1) is 6.54 Å². The molecule has 3 aromatic heterocycles. The van der Waals surface area contributed by atoms with E-state index in [1.54, 1.807) is 28.3 Å². The van der Waals surface area contributed by atoms with Crippen molar-refractivity contribution in [3.05, 3.63) is 76.8 Å². The Morgan fingerprint density at radius 2 is 2.07 bits per heavy atom. The molecular weight excluding hydrogens is 362 g/mol. The highest BCUT2D eigenvalue weighted by Crippen LogP contribution is 2.16. The molecule has 4 rings (SSSR count). The van der Waals surface area contributed by atoms with E-state index in [1.165, 1.54) is 4.88 Å². The third-order valence-electron chi connectivity index (χ3n) is 3.92. The maximum absolute atomic E-state index is 12.3. The van der Waals surface area contributed by atoms with E-state index in [9.17, 15) is 4.79 Å². The molecule has 0 aliphatic carbocycles. The fourth-order valence-corrected chi connectivity index (χ4v) is 3.37. The van der Waals surface area contributed by atoms with Gasteiger partial charge in [0.25, 0.3) is 0 Å². The monoisotopic (exact) mass is 379 g/mol. The normalized spacial score (nSPS) is 10.8. The average molecular weight is 379 g/mol. The lowest BCUT2D eigenvalue weighted by atomic mass is 10.2. The Balaban J connectivity index is 1.33. The third kappa shape index (κ3) is 4.29. The fourth-order valence-electron chi connectivity index (χ4n) is 2.67. The Morgan fingerprint density at radius 3 is 2.89 bits per heavy atom. The molecule has 0 aliphatic rings. The molecule has 0 fully saturated rings. The Bertz CT molecular complexity index is 1010. The minimum Gasteiger partial charge on any atom is -0.345 e. The molecule has 1 aromatic carbocycles. The second-order valence-electron chi connectivity index (χ2n) is 5.88. The van der Waals surface area contributed by atoms with Crippen LogP contribution < -0.4 is 5.32 Å². The fraction of sp³-hybridized carbons (Fsp3) is 0.158. The van der Waals surface area contributed by atoms with Crippen LogP contribution >= 0.6 is 11.3 Å². The second-order valence-corrected chi connectivity index (χ2v) is 6.91. The van der Waals surface area contributed by atoms with Gasteiger partial charge in [-0.25, -0.2) is 4.98 Å². The number of thiophene rings is 1. The first-order valence-corrected chi connectivity index (χ1v) is 9.33. The largest absolute Gasteiger partial charge is 0.345 e. The highest BCUT2D eigenvalue weighted by atomic mass is 32.1. The first-order chi connectivity index (χ1) is 13.3. The minimum atomic E-state index is -0.150.